The van der Waals surface area contributed by atoms with Gasteiger partial charge in [-0.1, -0.05) is 30.2 Å². The SMILES string of the molecule is C#Cc1cccc(C#CC([C@H]2O[C@H](OC[C@H]3O[C@H](O[C@]4(CO)O[C@H](CO)[C@@H](O)[C@@H]4O)[C@H](O)[C@@H](O)[C@@H]3O)[C@H](O)[C@@H](O)[C@H]2O)N2CCN(C(=O)CCCC[C@@H]3SC[C@@H]4NC(=O)N[C@@H]43)CC2)c1. The van der Waals surface area contributed by atoms with E-state index >= 15 is 0 Å². The molecule has 12 N–H and O–H groups in total. The van der Waals surface area contributed by atoms with Crippen molar-refractivity contribution in [3.05, 3.63) is 35.4 Å². The summed E-state index contributed by atoms with van der Waals surface area (Å²) in [4.78, 5) is 28.7. The van der Waals surface area contributed by atoms with E-state index in [1.54, 1.807) is 29.2 Å². The molecule has 21 nitrogen and oxygen atoms in total. The third-order valence-electron chi connectivity index (χ3n) is 12.8. The summed E-state index contributed by atoms with van der Waals surface area (Å²) in [5, 5.41) is 113. The molecule has 22 heteroatoms. The number of nitrogens with one attached hydrogen (secondary N) is 2. The number of nitrogens with zero attached hydrogens (tertiary/aromatic N) is 2. The van der Waals surface area contributed by atoms with Gasteiger partial charge in [-0.05, 0) is 31.0 Å². The lowest BCUT2D eigenvalue weighted by Gasteiger charge is -2.47. The second-order valence-corrected chi connectivity index (χ2v) is 18.1. The number of amides is 3. The van der Waals surface area contributed by atoms with Crippen molar-refractivity contribution in [2.75, 3.05) is 51.8 Å². The Kier molecular flexibility index (Phi) is 16.1. The number of aliphatic hydroxyl groups excluding tert-OH is 10. The lowest BCUT2D eigenvalue weighted by atomic mass is 9.92. The number of rotatable bonds is 14. The zero-order valence-corrected chi connectivity index (χ0v) is 35.6. The van der Waals surface area contributed by atoms with Crippen molar-refractivity contribution in [3.8, 4) is 24.2 Å². The van der Waals surface area contributed by atoms with E-state index in [1.165, 1.54) is 0 Å². The van der Waals surface area contributed by atoms with Gasteiger partial charge in [-0.3, -0.25) is 9.69 Å². The Morgan fingerprint density at radius 3 is 2.31 bits per heavy atom. The molecule has 6 aliphatic rings. The van der Waals surface area contributed by atoms with Gasteiger partial charge in [0.15, 0.2) is 12.6 Å². The van der Waals surface area contributed by atoms with Crippen molar-refractivity contribution in [1.29, 1.82) is 0 Å². The van der Waals surface area contributed by atoms with Crippen LogP contribution in [-0.4, -0.2) is 233 Å². The number of hydrogen-bond acceptors (Lipinski definition) is 19. The van der Waals surface area contributed by atoms with Crippen LogP contribution in [0.15, 0.2) is 24.3 Å². The van der Waals surface area contributed by atoms with Crippen molar-refractivity contribution in [2.45, 2.75) is 135 Å². The molecule has 0 saturated carbocycles. The van der Waals surface area contributed by atoms with Gasteiger partial charge in [0.2, 0.25) is 11.7 Å². The van der Waals surface area contributed by atoms with Gasteiger partial charge in [0, 0.05) is 54.7 Å². The van der Waals surface area contributed by atoms with Crippen molar-refractivity contribution in [1.82, 2.24) is 20.4 Å². The first kappa shape index (κ1) is 48.7. The van der Waals surface area contributed by atoms with Gasteiger partial charge >= 0.3 is 6.03 Å². The van der Waals surface area contributed by atoms with E-state index in [2.05, 4.69) is 28.4 Å². The van der Waals surface area contributed by atoms with E-state index in [4.69, 9.17) is 30.1 Å². The number of benzene rings is 1. The van der Waals surface area contributed by atoms with E-state index in [-0.39, 0.29) is 24.0 Å². The van der Waals surface area contributed by atoms with Crippen molar-refractivity contribution in [2.24, 2.45) is 0 Å². The van der Waals surface area contributed by atoms with Crippen LogP contribution in [0.4, 0.5) is 4.79 Å². The third kappa shape index (κ3) is 10.3. The highest BCUT2D eigenvalue weighted by Gasteiger charge is 2.59. The molecular weight excluding hydrogens is 865 g/mol. The minimum atomic E-state index is -2.42. The lowest BCUT2D eigenvalue weighted by Crippen LogP contribution is -2.66. The lowest BCUT2D eigenvalue weighted by molar-refractivity contribution is -0.388. The van der Waals surface area contributed by atoms with Gasteiger partial charge in [-0.2, -0.15) is 11.8 Å². The first-order chi connectivity index (χ1) is 30.7. The third-order valence-corrected chi connectivity index (χ3v) is 14.3. The number of unbranched alkanes of at least 4 members (excludes halogenated alkanes) is 1. The maximum Gasteiger partial charge on any atom is 0.315 e. The van der Waals surface area contributed by atoms with Crippen molar-refractivity contribution in [3.63, 3.8) is 0 Å². The first-order valence-corrected chi connectivity index (χ1v) is 22.5. The molecule has 354 valence electrons. The summed E-state index contributed by atoms with van der Waals surface area (Å²) in [6.45, 7) is -1.31. The number of urea groups is 1. The summed E-state index contributed by atoms with van der Waals surface area (Å²) in [6.07, 6.45) is -14.4. The maximum atomic E-state index is 13.3. The summed E-state index contributed by atoms with van der Waals surface area (Å²) >= 11 is 1.83. The molecule has 6 heterocycles. The fourth-order valence-electron chi connectivity index (χ4n) is 8.98. The number of aliphatic hydroxyl groups is 10. The molecule has 7 rings (SSSR count). The first-order valence-electron chi connectivity index (χ1n) is 21.4. The van der Waals surface area contributed by atoms with E-state index in [1.807, 2.05) is 16.7 Å². The van der Waals surface area contributed by atoms with Crippen LogP contribution in [0.25, 0.3) is 0 Å². The molecule has 0 bridgehead atoms. The van der Waals surface area contributed by atoms with Crippen LogP contribution in [0.1, 0.15) is 36.8 Å². The molecule has 1 aromatic rings. The molecule has 6 saturated heterocycles. The quantitative estimate of drug-likeness (QED) is 0.0471. The summed E-state index contributed by atoms with van der Waals surface area (Å²) in [5.41, 5.74) is 1.12. The van der Waals surface area contributed by atoms with E-state index in [0.717, 1.165) is 18.6 Å². The van der Waals surface area contributed by atoms with Gasteiger partial charge in [-0.25, -0.2) is 4.79 Å². The number of piperazine rings is 1. The molecule has 0 radical (unpaired) electrons. The van der Waals surface area contributed by atoms with Crippen LogP contribution in [0.5, 0.6) is 0 Å². The highest BCUT2D eigenvalue weighted by molar-refractivity contribution is 8.00. The van der Waals surface area contributed by atoms with Crippen LogP contribution in [0.2, 0.25) is 0 Å². The largest absolute Gasteiger partial charge is 0.394 e. The molecule has 64 heavy (non-hydrogen) atoms. The number of hydrogen-bond donors (Lipinski definition) is 12. The molecule has 6 fully saturated rings. The van der Waals surface area contributed by atoms with Gasteiger partial charge < -0.3 is 90.3 Å². The average molecular weight is 923 g/mol. The van der Waals surface area contributed by atoms with Crippen LogP contribution in [-0.2, 0) is 28.5 Å². The second-order valence-electron chi connectivity index (χ2n) is 16.9. The minimum absolute atomic E-state index is 0.00931. The van der Waals surface area contributed by atoms with Crippen molar-refractivity contribution >= 4 is 23.7 Å². The Labute approximate surface area is 373 Å². The zero-order chi connectivity index (χ0) is 45.9. The van der Waals surface area contributed by atoms with E-state index in [0.29, 0.717) is 55.4 Å². The summed E-state index contributed by atoms with van der Waals surface area (Å²) in [7, 11) is 0. The Morgan fingerprint density at radius 1 is 0.891 bits per heavy atom. The number of carbonyl (C=O) groups excluding carboxylic acids is 2. The monoisotopic (exact) mass is 922 g/mol. The number of ether oxygens (including phenoxy) is 5. The fourth-order valence-corrected chi connectivity index (χ4v) is 10.5. The molecule has 0 aliphatic carbocycles. The number of terminal acetylenes is 1. The van der Waals surface area contributed by atoms with Crippen LogP contribution in [0, 0.1) is 24.2 Å². The molecule has 6 aliphatic heterocycles. The predicted octanol–water partition coefficient (Wildman–Crippen LogP) is -5.29. The molecule has 0 spiro atoms. The summed E-state index contributed by atoms with van der Waals surface area (Å²) in [5.74, 6) is 7.20. The number of thioether (sulfide) groups is 1. The average Bonchev–Trinajstić information content (AvgIpc) is 3.94. The Morgan fingerprint density at radius 2 is 1.61 bits per heavy atom. The molecule has 3 amide bonds. The molecule has 18 atom stereocenters. The molecule has 1 unspecified atom stereocenters. The molecule has 0 aromatic heterocycles. The van der Waals surface area contributed by atoms with Gasteiger partial charge in [0.1, 0.15) is 79.8 Å². The Hall–Kier alpha value is -3.21. The minimum Gasteiger partial charge on any atom is -0.394 e. The standard InChI is InChI=1S/C42H58N4O17S/c1-2-21-6-5-7-22(16-21)10-11-24(45-12-14-46(15-13-45)28(49)9-4-3-8-27-29-23(19-64-27)43-41(58)44-29)37-34(54)33(53)35(55)39(61-37)59-18-26-30(50)32(52)36(56)40(60-26)63-42(20-48)38(57)31(51)25(17-47)62-42/h1,5-7,16,23-27,29-40,47-48,50-57H,3-4,8-9,12-15,17-20H2,(H2,43,44,58)/t23-,24?,25+,26+,27-,29-,30+,31+,32-,33-,34+,35+,36+,37+,38-,39-,40+,42-/m0/s1. The number of carbonyl (C=O) groups is 2. The van der Waals surface area contributed by atoms with Gasteiger partial charge in [-0.15, -0.1) is 6.42 Å². The van der Waals surface area contributed by atoms with Crippen molar-refractivity contribution < 1.29 is 84.3 Å². The van der Waals surface area contributed by atoms with Crippen LogP contribution >= 0.6 is 11.8 Å². The topological polar surface area (TPSA) is 313 Å². The number of fused-ring (bicyclic) bond motifs is 1. The zero-order valence-electron chi connectivity index (χ0n) is 34.8. The normalized spacial score (nSPS) is 40.5. The highest BCUT2D eigenvalue weighted by Crippen LogP contribution is 2.37. The molecular formula is C42H58N4O17S. The van der Waals surface area contributed by atoms with E-state index in [9.17, 15) is 60.7 Å². The highest BCUT2D eigenvalue weighted by atomic mass is 32.2. The fraction of sp³-hybridized carbons (Fsp3) is 0.714. The van der Waals surface area contributed by atoms with Crippen LogP contribution in [0.3, 0.4) is 0 Å². The Bertz CT molecular complexity index is 1880. The van der Waals surface area contributed by atoms with Gasteiger partial charge in [0.25, 0.3) is 0 Å². The van der Waals surface area contributed by atoms with E-state index < -0.39 is 111 Å². The Balaban J connectivity index is 1.00. The van der Waals surface area contributed by atoms with Crippen LogP contribution < -0.4 is 10.6 Å². The second kappa shape index (κ2) is 21.2. The summed E-state index contributed by atoms with van der Waals surface area (Å²) in [6, 6.07) is 6.04. The summed E-state index contributed by atoms with van der Waals surface area (Å²) < 4.78 is 28.6. The van der Waals surface area contributed by atoms with Gasteiger partial charge in [0.05, 0.1) is 25.3 Å². The predicted molar refractivity (Wildman–Crippen MR) is 221 cm³/mol. The maximum absolute atomic E-state index is 13.3. The molecule has 1 aromatic carbocycles. The smallest absolute Gasteiger partial charge is 0.315 e.